The lowest BCUT2D eigenvalue weighted by Gasteiger charge is -2.27. The molecule has 0 bridgehead atoms. The van der Waals surface area contributed by atoms with Gasteiger partial charge in [0, 0.05) is 25.6 Å². The number of alkyl halides is 4. The van der Waals surface area contributed by atoms with E-state index in [2.05, 4.69) is 0 Å². The van der Waals surface area contributed by atoms with Crippen LogP contribution in [0.2, 0.25) is 0 Å². The van der Waals surface area contributed by atoms with Gasteiger partial charge in [0.25, 0.3) is 5.91 Å². The highest BCUT2D eigenvalue weighted by molar-refractivity contribution is 5.84. The van der Waals surface area contributed by atoms with Crippen LogP contribution in [0, 0.1) is 5.92 Å². The number of carbonyl (C=O) groups excluding carboxylic acids is 1. The van der Waals surface area contributed by atoms with E-state index in [0.717, 1.165) is 4.90 Å². The van der Waals surface area contributed by atoms with Crippen LogP contribution in [0.5, 0.6) is 0 Å². The summed E-state index contributed by atoms with van der Waals surface area (Å²) in [5.41, 5.74) is 0. The quantitative estimate of drug-likeness (QED) is 0.702. The topological polar surface area (TPSA) is 29.5 Å². The van der Waals surface area contributed by atoms with Crippen molar-refractivity contribution >= 4 is 5.91 Å². The second-order valence-corrected chi connectivity index (χ2v) is 4.00. The molecular weight excluding hydrogens is 242 g/mol. The Morgan fingerprint density at radius 1 is 1.53 bits per heavy atom. The van der Waals surface area contributed by atoms with Gasteiger partial charge in [-0.15, -0.1) is 0 Å². The van der Waals surface area contributed by atoms with E-state index in [1.165, 1.54) is 6.92 Å². The van der Waals surface area contributed by atoms with Gasteiger partial charge in [0.15, 0.2) is 0 Å². The Kier molecular flexibility index (Phi) is 4.73. The summed E-state index contributed by atoms with van der Waals surface area (Å²) in [7, 11) is 0. The van der Waals surface area contributed by atoms with E-state index >= 15 is 0 Å². The third kappa shape index (κ3) is 3.31. The van der Waals surface area contributed by atoms with E-state index in [4.69, 9.17) is 4.74 Å². The predicted octanol–water partition coefficient (Wildman–Crippen LogP) is 1.77. The molecule has 1 heterocycles. The fraction of sp³-hybridized carbons (Fsp3) is 0.900. The summed E-state index contributed by atoms with van der Waals surface area (Å²) < 4.78 is 54.9. The van der Waals surface area contributed by atoms with Gasteiger partial charge in [0.2, 0.25) is 0 Å². The predicted molar refractivity (Wildman–Crippen MR) is 52.1 cm³/mol. The first-order valence-corrected chi connectivity index (χ1v) is 5.42. The molecule has 7 heteroatoms. The highest BCUT2D eigenvalue weighted by Crippen LogP contribution is 2.26. The molecule has 1 amide bonds. The summed E-state index contributed by atoms with van der Waals surface area (Å²) >= 11 is 0. The number of hydrogen-bond donors (Lipinski definition) is 0. The molecular formula is C10H15F4NO2. The van der Waals surface area contributed by atoms with Crippen molar-refractivity contribution in [3.63, 3.8) is 0 Å². The number of nitrogens with zero attached hydrogens (tertiary/aromatic N) is 1. The van der Waals surface area contributed by atoms with Crippen molar-refractivity contribution in [2.75, 3.05) is 26.3 Å². The van der Waals surface area contributed by atoms with E-state index < -0.39 is 18.3 Å². The number of ether oxygens (including phenoxy) is 1. The van der Waals surface area contributed by atoms with Gasteiger partial charge in [-0.05, 0) is 13.3 Å². The van der Waals surface area contributed by atoms with E-state index in [1.54, 1.807) is 0 Å². The highest BCUT2D eigenvalue weighted by Gasteiger charge is 2.51. The summed E-state index contributed by atoms with van der Waals surface area (Å²) in [4.78, 5) is 12.0. The second-order valence-electron chi connectivity index (χ2n) is 4.00. The van der Waals surface area contributed by atoms with Crippen molar-refractivity contribution in [2.24, 2.45) is 5.92 Å². The molecule has 0 saturated carbocycles. The standard InChI is InChI=1S/C10H15F4NO2/c1-2-15(5-7-3-4-17-6-7)9(16)10(13,14)8(11)12/h7-8H,2-6H2,1H3. The van der Waals surface area contributed by atoms with Gasteiger partial charge < -0.3 is 9.64 Å². The molecule has 0 radical (unpaired) electrons. The summed E-state index contributed by atoms with van der Waals surface area (Å²) in [6.07, 6.45) is -3.31. The van der Waals surface area contributed by atoms with Gasteiger partial charge in [-0.25, -0.2) is 8.78 Å². The Morgan fingerprint density at radius 3 is 2.59 bits per heavy atom. The molecule has 3 nitrogen and oxygen atoms in total. The van der Waals surface area contributed by atoms with Gasteiger partial charge in [0.1, 0.15) is 0 Å². The molecule has 1 aliphatic rings. The molecule has 0 aromatic rings. The smallest absolute Gasteiger partial charge is 0.381 e. The van der Waals surface area contributed by atoms with Gasteiger partial charge in [-0.1, -0.05) is 0 Å². The first-order chi connectivity index (χ1) is 7.89. The zero-order valence-electron chi connectivity index (χ0n) is 9.47. The Labute approximate surface area is 96.7 Å². The van der Waals surface area contributed by atoms with Crippen molar-refractivity contribution in [1.29, 1.82) is 0 Å². The fourth-order valence-corrected chi connectivity index (χ4v) is 1.70. The molecule has 0 aliphatic carbocycles. The second kappa shape index (κ2) is 5.66. The number of rotatable bonds is 5. The third-order valence-corrected chi connectivity index (χ3v) is 2.73. The van der Waals surface area contributed by atoms with Crippen LogP contribution in [0.25, 0.3) is 0 Å². The third-order valence-electron chi connectivity index (χ3n) is 2.73. The average Bonchev–Trinajstić information content (AvgIpc) is 2.77. The molecule has 100 valence electrons. The lowest BCUT2D eigenvalue weighted by Crippen LogP contribution is -2.49. The summed E-state index contributed by atoms with van der Waals surface area (Å²) in [6, 6.07) is 0. The van der Waals surface area contributed by atoms with Gasteiger partial charge in [-0.2, -0.15) is 8.78 Å². The summed E-state index contributed by atoms with van der Waals surface area (Å²) in [5, 5.41) is 0. The largest absolute Gasteiger partial charge is 0.383 e. The van der Waals surface area contributed by atoms with Crippen molar-refractivity contribution in [3.8, 4) is 0 Å². The average molecular weight is 257 g/mol. The molecule has 1 aliphatic heterocycles. The van der Waals surface area contributed by atoms with Crippen molar-refractivity contribution < 1.29 is 27.1 Å². The molecule has 0 aromatic carbocycles. The molecule has 1 unspecified atom stereocenters. The lowest BCUT2D eigenvalue weighted by molar-refractivity contribution is -0.181. The van der Waals surface area contributed by atoms with E-state index in [0.29, 0.717) is 19.6 Å². The zero-order valence-corrected chi connectivity index (χ0v) is 9.47. The summed E-state index contributed by atoms with van der Waals surface area (Å²) in [6.45, 7) is 2.40. The molecule has 1 saturated heterocycles. The Balaban J connectivity index is 2.62. The Hall–Kier alpha value is -0.850. The van der Waals surface area contributed by atoms with Crippen LogP contribution in [0.1, 0.15) is 13.3 Å². The minimum atomic E-state index is -4.60. The molecule has 0 aromatic heterocycles. The number of hydrogen-bond acceptors (Lipinski definition) is 2. The maximum Gasteiger partial charge on any atom is 0.383 e. The summed E-state index contributed by atoms with van der Waals surface area (Å²) in [5.74, 6) is -6.45. The molecule has 1 fully saturated rings. The molecule has 17 heavy (non-hydrogen) atoms. The van der Waals surface area contributed by atoms with Crippen LogP contribution in [0.3, 0.4) is 0 Å². The fourth-order valence-electron chi connectivity index (χ4n) is 1.70. The first-order valence-electron chi connectivity index (χ1n) is 5.42. The van der Waals surface area contributed by atoms with E-state index in [9.17, 15) is 22.4 Å². The highest BCUT2D eigenvalue weighted by atomic mass is 19.3. The Morgan fingerprint density at radius 2 is 2.18 bits per heavy atom. The van der Waals surface area contributed by atoms with Crippen LogP contribution in [-0.2, 0) is 9.53 Å². The van der Waals surface area contributed by atoms with Crippen LogP contribution in [0.15, 0.2) is 0 Å². The van der Waals surface area contributed by atoms with Crippen LogP contribution >= 0.6 is 0 Å². The minimum absolute atomic E-state index is 0.0162. The number of amides is 1. The van der Waals surface area contributed by atoms with Gasteiger partial charge in [0.05, 0.1) is 6.61 Å². The molecule has 1 rings (SSSR count). The minimum Gasteiger partial charge on any atom is -0.381 e. The van der Waals surface area contributed by atoms with E-state index in [-0.39, 0.29) is 19.0 Å². The molecule has 0 N–H and O–H groups in total. The van der Waals surface area contributed by atoms with Gasteiger partial charge >= 0.3 is 12.3 Å². The molecule has 0 spiro atoms. The van der Waals surface area contributed by atoms with Crippen molar-refractivity contribution in [3.05, 3.63) is 0 Å². The van der Waals surface area contributed by atoms with Crippen molar-refractivity contribution in [1.82, 2.24) is 4.90 Å². The van der Waals surface area contributed by atoms with E-state index in [1.807, 2.05) is 0 Å². The first kappa shape index (κ1) is 14.2. The van der Waals surface area contributed by atoms with Gasteiger partial charge in [-0.3, -0.25) is 4.79 Å². The van der Waals surface area contributed by atoms with Crippen LogP contribution in [0.4, 0.5) is 17.6 Å². The Bertz CT molecular complexity index is 267. The van der Waals surface area contributed by atoms with Crippen LogP contribution < -0.4 is 0 Å². The maximum absolute atomic E-state index is 12.9. The maximum atomic E-state index is 12.9. The molecule has 1 atom stereocenters. The zero-order chi connectivity index (χ0) is 13.1. The normalized spacial score (nSPS) is 20.9. The van der Waals surface area contributed by atoms with Crippen LogP contribution in [-0.4, -0.2) is 49.5 Å². The monoisotopic (exact) mass is 257 g/mol. The SMILES string of the molecule is CCN(CC1CCOC1)C(=O)C(F)(F)C(F)F. The number of carbonyl (C=O) groups is 1. The van der Waals surface area contributed by atoms with Crippen molar-refractivity contribution in [2.45, 2.75) is 25.7 Å². The lowest BCUT2D eigenvalue weighted by atomic mass is 10.1. The number of halogens is 4.